The molecular weight excluding hydrogens is 224 g/mol. The molecule has 91 valence electrons. The number of carbonyl (C=O) groups is 2. The lowest BCUT2D eigenvalue weighted by molar-refractivity contribution is 0.0295. The van der Waals surface area contributed by atoms with E-state index in [0.717, 1.165) is 0 Å². The van der Waals surface area contributed by atoms with Gasteiger partial charge in [0.25, 0.3) is 11.8 Å². The van der Waals surface area contributed by atoms with Gasteiger partial charge in [-0.3, -0.25) is 14.3 Å². The molecule has 1 aliphatic heterocycles. The van der Waals surface area contributed by atoms with Crippen molar-refractivity contribution < 1.29 is 14.3 Å². The maximum absolute atomic E-state index is 12.1. The Morgan fingerprint density at radius 1 is 1.41 bits per heavy atom. The minimum atomic E-state index is -0.693. The monoisotopic (exact) mass is 237 g/mol. The molecule has 1 fully saturated rings. The summed E-state index contributed by atoms with van der Waals surface area (Å²) < 4.78 is 6.48. The average Bonchev–Trinajstić information content (AvgIpc) is 2.72. The normalized spacial score (nSPS) is 15.9. The van der Waals surface area contributed by atoms with Gasteiger partial charge in [-0.2, -0.15) is 5.10 Å². The molecule has 2 amide bonds. The van der Waals surface area contributed by atoms with Crippen LogP contribution in [0.1, 0.15) is 21.0 Å². The molecule has 0 saturated carbocycles. The summed E-state index contributed by atoms with van der Waals surface area (Å²) in [6, 6.07) is 2.62. The maximum atomic E-state index is 12.1. The third-order valence-electron chi connectivity index (χ3n) is 2.54. The van der Waals surface area contributed by atoms with Crippen molar-refractivity contribution in [1.82, 2.24) is 14.7 Å². The lowest BCUT2D eigenvalue weighted by Gasteiger charge is -2.26. The third-order valence-corrected chi connectivity index (χ3v) is 2.54. The minimum absolute atomic E-state index is 0.0240. The van der Waals surface area contributed by atoms with Crippen LogP contribution in [0.4, 0.5) is 0 Å². The summed E-state index contributed by atoms with van der Waals surface area (Å²) in [7, 11) is 1.58. The summed E-state index contributed by atoms with van der Waals surface area (Å²) in [5, 5.41) is 3.83. The van der Waals surface area contributed by atoms with Crippen LogP contribution < -0.4 is 5.73 Å². The molecule has 0 aromatic carbocycles. The Morgan fingerprint density at radius 2 is 2.06 bits per heavy atom. The van der Waals surface area contributed by atoms with Gasteiger partial charge in [0.15, 0.2) is 5.69 Å². The molecular formula is C10H13N4O3. The molecule has 7 nitrogen and oxygen atoms in total. The molecule has 2 N–H and O–H groups in total. The molecule has 0 spiro atoms. The fraction of sp³-hybridized carbons (Fsp3) is 0.500. The molecule has 2 rings (SSSR count). The zero-order valence-electron chi connectivity index (χ0n) is 9.47. The van der Waals surface area contributed by atoms with E-state index in [-0.39, 0.29) is 17.3 Å². The predicted molar refractivity (Wildman–Crippen MR) is 57.3 cm³/mol. The number of nitrogens with zero attached hydrogens (tertiary/aromatic N) is 3. The van der Waals surface area contributed by atoms with Gasteiger partial charge in [0.05, 0.1) is 19.3 Å². The predicted octanol–water partition coefficient (Wildman–Crippen LogP) is -1.21. The molecule has 17 heavy (non-hydrogen) atoms. The van der Waals surface area contributed by atoms with Crippen LogP contribution in [-0.2, 0) is 11.8 Å². The summed E-state index contributed by atoms with van der Waals surface area (Å²) in [5.41, 5.74) is 5.30. The summed E-state index contributed by atoms with van der Waals surface area (Å²) in [6.07, 6.45) is 0. The molecule has 0 aliphatic carbocycles. The van der Waals surface area contributed by atoms with Crippen LogP contribution in [0, 0.1) is 6.07 Å². The van der Waals surface area contributed by atoms with Gasteiger partial charge in [0.1, 0.15) is 5.69 Å². The number of nitrogens with two attached hydrogens (primary N) is 1. The second-order valence-corrected chi connectivity index (χ2v) is 3.71. The Labute approximate surface area is 98.1 Å². The average molecular weight is 237 g/mol. The Morgan fingerprint density at radius 3 is 2.59 bits per heavy atom. The van der Waals surface area contributed by atoms with Crippen LogP contribution in [0.2, 0.25) is 0 Å². The van der Waals surface area contributed by atoms with Gasteiger partial charge in [-0.05, 0) is 0 Å². The van der Waals surface area contributed by atoms with Gasteiger partial charge in [0, 0.05) is 20.1 Å². The SMILES string of the molecule is Cn1nc(C(N)=O)[c]c1C(=O)N1CCOCC1. The molecule has 1 aliphatic rings. The van der Waals surface area contributed by atoms with Crippen LogP contribution in [0.5, 0.6) is 0 Å². The molecule has 1 aromatic rings. The fourth-order valence-corrected chi connectivity index (χ4v) is 1.64. The highest BCUT2D eigenvalue weighted by Gasteiger charge is 2.23. The van der Waals surface area contributed by atoms with Crippen molar-refractivity contribution in [3.05, 3.63) is 17.5 Å². The van der Waals surface area contributed by atoms with E-state index in [1.54, 1.807) is 11.9 Å². The van der Waals surface area contributed by atoms with Gasteiger partial charge in [-0.25, -0.2) is 0 Å². The van der Waals surface area contributed by atoms with Crippen LogP contribution >= 0.6 is 0 Å². The first-order valence-corrected chi connectivity index (χ1v) is 5.22. The number of aromatic nitrogens is 2. The minimum Gasteiger partial charge on any atom is -0.378 e. The van der Waals surface area contributed by atoms with Crippen LogP contribution in [0.3, 0.4) is 0 Å². The van der Waals surface area contributed by atoms with Gasteiger partial charge in [0.2, 0.25) is 0 Å². The number of amides is 2. The highest BCUT2D eigenvalue weighted by Crippen LogP contribution is 2.08. The molecule has 0 unspecified atom stereocenters. The van der Waals surface area contributed by atoms with Gasteiger partial charge in [-0.1, -0.05) is 0 Å². The molecule has 7 heteroatoms. The molecule has 1 aromatic heterocycles. The van der Waals surface area contributed by atoms with Crippen molar-refractivity contribution >= 4 is 11.8 Å². The lowest BCUT2D eigenvalue weighted by atomic mass is 10.3. The number of hydrogen-bond donors (Lipinski definition) is 1. The van der Waals surface area contributed by atoms with Crippen molar-refractivity contribution in [2.75, 3.05) is 26.3 Å². The molecule has 1 radical (unpaired) electrons. The Kier molecular flexibility index (Phi) is 3.10. The van der Waals surface area contributed by atoms with Gasteiger partial charge >= 0.3 is 0 Å². The van der Waals surface area contributed by atoms with Crippen molar-refractivity contribution in [3.8, 4) is 0 Å². The lowest BCUT2D eigenvalue weighted by Crippen LogP contribution is -2.41. The topological polar surface area (TPSA) is 90.5 Å². The van der Waals surface area contributed by atoms with E-state index >= 15 is 0 Å². The van der Waals surface area contributed by atoms with E-state index in [1.165, 1.54) is 4.68 Å². The number of morpholine rings is 1. The number of carbonyl (C=O) groups excluding carboxylic acids is 2. The molecule has 2 heterocycles. The highest BCUT2D eigenvalue weighted by molar-refractivity contribution is 5.96. The fourth-order valence-electron chi connectivity index (χ4n) is 1.64. The number of hydrogen-bond acceptors (Lipinski definition) is 4. The Balaban J connectivity index is 2.20. The summed E-state index contributed by atoms with van der Waals surface area (Å²) in [6.45, 7) is 2.10. The number of primary amides is 1. The zero-order chi connectivity index (χ0) is 12.4. The summed E-state index contributed by atoms with van der Waals surface area (Å²) in [5.74, 6) is -0.905. The second-order valence-electron chi connectivity index (χ2n) is 3.71. The van der Waals surface area contributed by atoms with Crippen LogP contribution in [-0.4, -0.2) is 52.8 Å². The van der Waals surface area contributed by atoms with E-state index < -0.39 is 5.91 Å². The van der Waals surface area contributed by atoms with E-state index in [1.807, 2.05) is 0 Å². The van der Waals surface area contributed by atoms with E-state index in [2.05, 4.69) is 11.2 Å². The van der Waals surface area contributed by atoms with Crippen LogP contribution in [0.15, 0.2) is 0 Å². The summed E-state index contributed by atoms with van der Waals surface area (Å²) >= 11 is 0. The first-order valence-electron chi connectivity index (χ1n) is 5.22. The van der Waals surface area contributed by atoms with Crippen molar-refractivity contribution in [2.45, 2.75) is 0 Å². The van der Waals surface area contributed by atoms with E-state index in [0.29, 0.717) is 26.3 Å². The smallest absolute Gasteiger partial charge is 0.272 e. The van der Waals surface area contributed by atoms with E-state index in [9.17, 15) is 9.59 Å². The zero-order valence-corrected chi connectivity index (χ0v) is 9.47. The second kappa shape index (κ2) is 4.54. The van der Waals surface area contributed by atoms with Crippen LogP contribution in [0.25, 0.3) is 0 Å². The van der Waals surface area contributed by atoms with Crippen molar-refractivity contribution in [2.24, 2.45) is 12.8 Å². The first kappa shape index (κ1) is 11.6. The van der Waals surface area contributed by atoms with Crippen molar-refractivity contribution in [3.63, 3.8) is 0 Å². The standard InChI is InChI=1S/C10H13N4O3/c1-13-8(6-7(12-13)9(11)15)10(16)14-2-4-17-5-3-14/h2-5H2,1H3,(H2,11,15). The number of aryl methyl sites for hydroxylation is 1. The molecule has 0 bridgehead atoms. The van der Waals surface area contributed by atoms with Gasteiger partial charge < -0.3 is 15.4 Å². The maximum Gasteiger partial charge on any atom is 0.272 e. The van der Waals surface area contributed by atoms with Crippen molar-refractivity contribution in [1.29, 1.82) is 0 Å². The van der Waals surface area contributed by atoms with E-state index in [4.69, 9.17) is 10.5 Å². The molecule has 0 atom stereocenters. The highest BCUT2D eigenvalue weighted by atomic mass is 16.5. The van der Waals surface area contributed by atoms with Gasteiger partial charge in [-0.15, -0.1) is 0 Å². The Hall–Kier alpha value is -1.89. The number of ether oxygens (including phenoxy) is 1. The number of rotatable bonds is 2. The largest absolute Gasteiger partial charge is 0.378 e. The third kappa shape index (κ3) is 2.28. The first-order chi connectivity index (χ1) is 8.09. The molecule has 1 saturated heterocycles. The Bertz CT molecular complexity index is 448. The quantitative estimate of drug-likeness (QED) is 0.699. The summed E-state index contributed by atoms with van der Waals surface area (Å²) in [4.78, 5) is 24.7.